The molecule has 1 aliphatic rings. The van der Waals surface area contributed by atoms with Crippen molar-refractivity contribution >= 4 is 23.1 Å². The second-order valence-electron chi connectivity index (χ2n) is 5.03. The van der Waals surface area contributed by atoms with E-state index in [1.807, 2.05) is 23.8 Å². The number of hydrogen-bond donors (Lipinski definition) is 0. The fraction of sp³-hybridized carbons (Fsp3) is 0.500. The molecule has 20 heavy (non-hydrogen) atoms. The normalized spacial score (nSPS) is 15.3. The lowest BCUT2D eigenvalue weighted by Gasteiger charge is -2.27. The molecule has 0 saturated heterocycles. The average Bonchev–Trinajstić information content (AvgIpc) is 2.76. The molecule has 6 heteroatoms. The molecule has 0 atom stereocenters. The van der Waals surface area contributed by atoms with Gasteiger partial charge >= 0.3 is 0 Å². The van der Waals surface area contributed by atoms with Crippen LogP contribution in [0.25, 0.3) is 0 Å². The van der Waals surface area contributed by atoms with Crippen LogP contribution < -0.4 is 0 Å². The Morgan fingerprint density at radius 2 is 2.20 bits per heavy atom. The molecule has 2 aromatic rings. The molecular weight excluding hydrogens is 288 g/mol. The highest BCUT2D eigenvalue weighted by Crippen LogP contribution is 2.24. The Morgan fingerprint density at radius 3 is 2.90 bits per heavy atom. The zero-order valence-corrected chi connectivity index (χ0v) is 13.6. The van der Waals surface area contributed by atoms with E-state index in [4.69, 9.17) is 0 Å². The minimum Gasteiger partial charge on any atom is -0.293 e. The van der Waals surface area contributed by atoms with Gasteiger partial charge in [-0.1, -0.05) is 11.8 Å². The molecular formula is C14H18N4S2. The number of nitrogens with zero attached hydrogens (tertiary/aromatic N) is 4. The molecule has 0 fully saturated rings. The lowest BCUT2D eigenvalue weighted by molar-refractivity contribution is 0.243. The van der Waals surface area contributed by atoms with Crippen LogP contribution in [-0.4, -0.2) is 32.7 Å². The van der Waals surface area contributed by atoms with E-state index < -0.39 is 0 Å². The maximum Gasteiger partial charge on any atom is 0.187 e. The van der Waals surface area contributed by atoms with Gasteiger partial charge in [-0.25, -0.2) is 15.0 Å². The van der Waals surface area contributed by atoms with Crippen LogP contribution in [0.2, 0.25) is 0 Å². The van der Waals surface area contributed by atoms with Gasteiger partial charge in [0.25, 0.3) is 0 Å². The van der Waals surface area contributed by atoms with Crippen molar-refractivity contribution < 1.29 is 0 Å². The van der Waals surface area contributed by atoms with Crippen molar-refractivity contribution in [2.24, 2.45) is 0 Å². The van der Waals surface area contributed by atoms with Gasteiger partial charge in [0.2, 0.25) is 0 Å². The molecule has 0 spiro atoms. The van der Waals surface area contributed by atoms with Crippen molar-refractivity contribution in [3.8, 4) is 0 Å². The number of aromatic nitrogens is 3. The van der Waals surface area contributed by atoms with Gasteiger partial charge in [-0.3, -0.25) is 4.90 Å². The smallest absolute Gasteiger partial charge is 0.187 e. The van der Waals surface area contributed by atoms with Crippen LogP contribution in [0.4, 0.5) is 0 Å². The topological polar surface area (TPSA) is 41.9 Å². The zero-order chi connectivity index (χ0) is 14.1. The summed E-state index contributed by atoms with van der Waals surface area (Å²) >= 11 is 3.42. The van der Waals surface area contributed by atoms with Crippen molar-refractivity contribution in [2.75, 3.05) is 12.8 Å². The van der Waals surface area contributed by atoms with Gasteiger partial charge in [-0.2, -0.15) is 0 Å². The quantitative estimate of drug-likeness (QED) is 0.644. The van der Waals surface area contributed by atoms with E-state index in [1.54, 1.807) is 11.8 Å². The van der Waals surface area contributed by atoms with E-state index in [9.17, 15) is 0 Å². The summed E-state index contributed by atoms with van der Waals surface area (Å²) in [7, 11) is 0. The minimum atomic E-state index is 0.881. The number of fused-ring (bicyclic) bond motifs is 1. The number of thiazole rings is 1. The molecule has 2 aromatic heterocycles. The third-order valence-electron chi connectivity index (χ3n) is 3.54. The molecule has 3 heterocycles. The fourth-order valence-corrected chi connectivity index (χ4v) is 3.85. The lowest BCUT2D eigenvalue weighted by Crippen LogP contribution is -2.30. The van der Waals surface area contributed by atoms with Crippen LogP contribution in [0.1, 0.15) is 26.8 Å². The van der Waals surface area contributed by atoms with Gasteiger partial charge in [0.05, 0.1) is 16.4 Å². The van der Waals surface area contributed by atoms with Gasteiger partial charge < -0.3 is 0 Å². The number of aryl methyl sites for hydroxylation is 2. The summed E-state index contributed by atoms with van der Waals surface area (Å²) in [5.74, 6) is 0. The number of thioether (sulfide) groups is 1. The van der Waals surface area contributed by atoms with E-state index in [2.05, 4.69) is 33.7 Å². The van der Waals surface area contributed by atoms with Gasteiger partial charge in [0, 0.05) is 42.7 Å². The molecule has 0 N–H and O–H groups in total. The van der Waals surface area contributed by atoms with Crippen molar-refractivity contribution in [1.82, 2.24) is 19.9 Å². The largest absolute Gasteiger partial charge is 0.293 e. The Hall–Kier alpha value is -0.980. The van der Waals surface area contributed by atoms with Gasteiger partial charge in [0.15, 0.2) is 5.16 Å². The molecule has 0 radical (unpaired) electrons. The maximum atomic E-state index is 4.61. The Bertz CT molecular complexity index is 624. The second-order valence-corrected chi connectivity index (χ2v) is 7.09. The van der Waals surface area contributed by atoms with Gasteiger partial charge in [-0.15, -0.1) is 11.3 Å². The molecule has 0 unspecified atom stereocenters. The van der Waals surface area contributed by atoms with E-state index >= 15 is 0 Å². The molecule has 0 aromatic carbocycles. The van der Waals surface area contributed by atoms with Crippen LogP contribution in [0.5, 0.6) is 0 Å². The van der Waals surface area contributed by atoms with Crippen LogP contribution in [0.3, 0.4) is 0 Å². The van der Waals surface area contributed by atoms with Crippen molar-refractivity contribution in [3.05, 3.63) is 33.0 Å². The number of rotatable bonds is 3. The molecule has 3 rings (SSSR count). The van der Waals surface area contributed by atoms with Crippen molar-refractivity contribution in [2.45, 2.75) is 38.5 Å². The first-order valence-corrected chi connectivity index (χ1v) is 8.74. The Labute approximate surface area is 127 Å². The molecule has 0 aliphatic carbocycles. The lowest BCUT2D eigenvalue weighted by atomic mass is 10.1. The van der Waals surface area contributed by atoms with E-state index in [0.717, 1.165) is 36.2 Å². The zero-order valence-electron chi connectivity index (χ0n) is 12.0. The van der Waals surface area contributed by atoms with Gasteiger partial charge in [-0.05, 0) is 20.1 Å². The summed E-state index contributed by atoms with van der Waals surface area (Å²) in [5.41, 5.74) is 3.66. The van der Waals surface area contributed by atoms with E-state index in [-0.39, 0.29) is 0 Å². The second kappa shape index (κ2) is 5.79. The SMILES string of the molecule is CSc1ncc2c(n1)CCN(Cc1sc(C)nc1C)C2. The molecule has 0 saturated carbocycles. The fourth-order valence-electron chi connectivity index (χ4n) is 2.51. The number of hydrogen-bond acceptors (Lipinski definition) is 6. The van der Waals surface area contributed by atoms with Gasteiger partial charge in [0.1, 0.15) is 0 Å². The summed E-state index contributed by atoms with van der Waals surface area (Å²) in [6.45, 7) is 7.17. The summed E-state index contributed by atoms with van der Waals surface area (Å²) in [5, 5.41) is 2.04. The molecule has 1 aliphatic heterocycles. The predicted molar refractivity (Wildman–Crippen MR) is 83.2 cm³/mol. The third kappa shape index (κ3) is 2.87. The first-order valence-electron chi connectivity index (χ1n) is 6.69. The highest BCUT2D eigenvalue weighted by molar-refractivity contribution is 7.98. The van der Waals surface area contributed by atoms with E-state index in [0.29, 0.717) is 0 Å². The first kappa shape index (κ1) is 14.0. The minimum absolute atomic E-state index is 0.881. The predicted octanol–water partition coefficient (Wildman–Crippen LogP) is 2.83. The van der Waals surface area contributed by atoms with Crippen molar-refractivity contribution in [1.29, 1.82) is 0 Å². The standard InChI is InChI=1S/C14H18N4S2/c1-9-13(20-10(2)16-9)8-18-5-4-12-11(7-18)6-15-14(17-12)19-3/h6H,4-5,7-8H2,1-3H3. The summed E-state index contributed by atoms with van der Waals surface area (Å²) < 4.78 is 0. The maximum absolute atomic E-state index is 4.61. The van der Waals surface area contributed by atoms with Crippen LogP contribution in [0, 0.1) is 13.8 Å². The molecule has 106 valence electrons. The van der Waals surface area contributed by atoms with Crippen LogP contribution in [-0.2, 0) is 19.5 Å². The summed E-state index contributed by atoms with van der Waals surface area (Å²) in [6.07, 6.45) is 5.03. The molecule has 0 bridgehead atoms. The Balaban J connectivity index is 1.74. The Kier molecular flexibility index (Phi) is 4.05. The summed E-state index contributed by atoms with van der Waals surface area (Å²) in [6, 6.07) is 0. The molecule has 4 nitrogen and oxygen atoms in total. The summed E-state index contributed by atoms with van der Waals surface area (Å²) in [4.78, 5) is 17.4. The first-order chi connectivity index (χ1) is 9.65. The third-order valence-corrected chi connectivity index (χ3v) is 5.16. The van der Waals surface area contributed by atoms with Crippen LogP contribution >= 0.6 is 23.1 Å². The highest BCUT2D eigenvalue weighted by Gasteiger charge is 2.19. The van der Waals surface area contributed by atoms with Crippen LogP contribution in [0.15, 0.2) is 11.4 Å². The Morgan fingerprint density at radius 1 is 1.35 bits per heavy atom. The van der Waals surface area contributed by atoms with Crippen molar-refractivity contribution in [3.63, 3.8) is 0 Å². The monoisotopic (exact) mass is 306 g/mol. The van der Waals surface area contributed by atoms with E-state index in [1.165, 1.54) is 21.8 Å². The molecule has 0 amide bonds. The average molecular weight is 306 g/mol. The highest BCUT2D eigenvalue weighted by atomic mass is 32.2.